The Labute approximate surface area is 128 Å². The number of carbonyl (C=O) groups excluding carboxylic acids is 1. The van der Waals surface area contributed by atoms with Crippen molar-refractivity contribution in [1.29, 1.82) is 0 Å². The van der Waals surface area contributed by atoms with Gasteiger partial charge in [0.05, 0.1) is 5.69 Å². The summed E-state index contributed by atoms with van der Waals surface area (Å²) in [6.07, 6.45) is 0. The first-order chi connectivity index (χ1) is 9.79. The molecule has 0 atom stereocenters. The fraction of sp³-hybridized carbons (Fsp3) is 0.133. The molecule has 0 radical (unpaired) electrons. The molecule has 0 spiro atoms. The molecule has 0 aliphatic carbocycles. The van der Waals surface area contributed by atoms with Gasteiger partial charge in [0.15, 0.2) is 0 Å². The van der Waals surface area contributed by atoms with Crippen molar-refractivity contribution in [2.45, 2.75) is 13.8 Å². The summed E-state index contributed by atoms with van der Waals surface area (Å²) < 4.78 is 40.6. The summed E-state index contributed by atoms with van der Waals surface area (Å²) in [5.74, 6) is -4.54. The number of aryl methyl sites for hydroxylation is 2. The topological polar surface area (TPSA) is 29.1 Å². The molecule has 110 valence electrons. The molecular formula is C15H11BrF3NO. The Balaban J connectivity index is 2.40. The van der Waals surface area contributed by atoms with Crippen LogP contribution in [-0.2, 0) is 0 Å². The Morgan fingerprint density at radius 2 is 1.62 bits per heavy atom. The number of hydrogen-bond donors (Lipinski definition) is 1. The van der Waals surface area contributed by atoms with Crippen molar-refractivity contribution < 1.29 is 18.0 Å². The van der Waals surface area contributed by atoms with Gasteiger partial charge in [-0.25, -0.2) is 13.2 Å². The zero-order valence-electron chi connectivity index (χ0n) is 11.2. The van der Waals surface area contributed by atoms with Gasteiger partial charge >= 0.3 is 0 Å². The summed E-state index contributed by atoms with van der Waals surface area (Å²) in [4.78, 5) is 12.0. The maximum Gasteiger partial charge on any atom is 0.261 e. The van der Waals surface area contributed by atoms with E-state index in [4.69, 9.17) is 0 Å². The van der Waals surface area contributed by atoms with Gasteiger partial charge in [-0.2, -0.15) is 0 Å². The molecule has 0 saturated carbocycles. The highest BCUT2D eigenvalue weighted by molar-refractivity contribution is 9.10. The van der Waals surface area contributed by atoms with Gasteiger partial charge in [0, 0.05) is 16.6 Å². The van der Waals surface area contributed by atoms with Gasteiger partial charge in [0.25, 0.3) is 5.91 Å². The molecule has 0 saturated heterocycles. The first-order valence-electron chi connectivity index (χ1n) is 6.02. The second-order valence-electron chi connectivity index (χ2n) is 4.64. The standard InChI is InChI=1S/C15H11BrF3NO/c1-7-3-8(2)14(10(16)4-7)20-15(21)13-11(18)5-9(17)6-12(13)19/h3-6H,1-2H3,(H,20,21). The average Bonchev–Trinajstić information content (AvgIpc) is 2.32. The number of amides is 1. The molecule has 0 aliphatic rings. The molecule has 0 aliphatic heterocycles. The number of benzene rings is 2. The normalized spacial score (nSPS) is 10.6. The minimum absolute atomic E-state index is 0.411. The Morgan fingerprint density at radius 1 is 1.05 bits per heavy atom. The quantitative estimate of drug-likeness (QED) is 0.826. The van der Waals surface area contributed by atoms with Crippen LogP contribution in [0.4, 0.5) is 18.9 Å². The van der Waals surface area contributed by atoms with Crippen molar-refractivity contribution in [1.82, 2.24) is 0 Å². The van der Waals surface area contributed by atoms with E-state index in [-0.39, 0.29) is 0 Å². The maximum absolute atomic E-state index is 13.6. The van der Waals surface area contributed by atoms with E-state index in [1.807, 2.05) is 13.0 Å². The van der Waals surface area contributed by atoms with Gasteiger partial charge in [0.1, 0.15) is 23.0 Å². The third-order valence-corrected chi connectivity index (χ3v) is 3.53. The smallest absolute Gasteiger partial charge is 0.261 e. The van der Waals surface area contributed by atoms with E-state index in [2.05, 4.69) is 21.2 Å². The molecule has 2 rings (SSSR count). The predicted molar refractivity (Wildman–Crippen MR) is 77.9 cm³/mol. The summed E-state index contributed by atoms with van der Waals surface area (Å²) >= 11 is 3.29. The van der Waals surface area contributed by atoms with Gasteiger partial charge in [-0.15, -0.1) is 0 Å². The molecule has 6 heteroatoms. The van der Waals surface area contributed by atoms with E-state index in [0.29, 0.717) is 22.3 Å². The fourth-order valence-corrected chi connectivity index (χ4v) is 2.78. The van der Waals surface area contributed by atoms with E-state index in [1.165, 1.54) is 0 Å². The molecule has 0 aromatic heterocycles. The lowest BCUT2D eigenvalue weighted by molar-refractivity contribution is 0.101. The summed E-state index contributed by atoms with van der Waals surface area (Å²) in [7, 11) is 0. The fourth-order valence-electron chi connectivity index (χ4n) is 2.01. The van der Waals surface area contributed by atoms with E-state index in [0.717, 1.165) is 11.1 Å². The predicted octanol–water partition coefficient (Wildman–Crippen LogP) is 4.74. The monoisotopic (exact) mass is 357 g/mol. The third kappa shape index (κ3) is 3.26. The Kier molecular flexibility index (Phi) is 4.37. The van der Waals surface area contributed by atoms with Crippen LogP contribution in [0.5, 0.6) is 0 Å². The number of nitrogens with one attached hydrogen (secondary N) is 1. The summed E-state index contributed by atoms with van der Waals surface area (Å²) in [6.45, 7) is 3.63. The van der Waals surface area contributed by atoms with Crippen molar-refractivity contribution in [3.63, 3.8) is 0 Å². The Morgan fingerprint density at radius 3 is 2.14 bits per heavy atom. The molecule has 21 heavy (non-hydrogen) atoms. The van der Waals surface area contributed by atoms with Crippen molar-refractivity contribution in [2.75, 3.05) is 5.32 Å². The van der Waals surface area contributed by atoms with Crippen LogP contribution in [-0.4, -0.2) is 5.91 Å². The Hall–Kier alpha value is -1.82. The van der Waals surface area contributed by atoms with E-state index in [1.54, 1.807) is 13.0 Å². The zero-order valence-corrected chi connectivity index (χ0v) is 12.8. The highest BCUT2D eigenvalue weighted by atomic mass is 79.9. The SMILES string of the molecule is Cc1cc(C)c(NC(=O)c2c(F)cc(F)cc2F)c(Br)c1. The molecule has 1 amide bonds. The second kappa shape index (κ2) is 5.89. The van der Waals surface area contributed by atoms with Crippen molar-refractivity contribution in [2.24, 2.45) is 0 Å². The number of anilines is 1. The van der Waals surface area contributed by atoms with Gasteiger partial charge < -0.3 is 5.32 Å². The maximum atomic E-state index is 13.6. The number of halogens is 4. The largest absolute Gasteiger partial charge is 0.321 e. The molecule has 2 nitrogen and oxygen atoms in total. The molecule has 2 aromatic rings. The van der Waals surface area contributed by atoms with E-state index < -0.39 is 28.9 Å². The van der Waals surface area contributed by atoms with Gasteiger partial charge in [0.2, 0.25) is 0 Å². The van der Waals surface area contributed by atoms with Gasteiger partial charge in [-0.3, -0.25) is 4.79 Å². The average molecular weight is 358 g/mol. The summed E-state index contributed by atoms with van der Waals surface area (Å²) in [6, 6.07) is 4.52. The molecule has 0 bridgehead atoms. The second-order valence-corrected chi connectivity index (χ2v) is 5.49. The van der Waals surface area contributed by atoms with Crippen LogP contribution in [0, 0.1) is 31.3 Å². The summed E-state index contributed by atoms with van der Waals surface area (Å²) in [5, 5.41) is 2.43. The highest BCUT2D eigenvalue weighted by Crippen LogP contribution is 2.28. The molecule has 0 heterocycles. The van der Waals surface area contributed by atoms with Gasteiger partial charge in [-0.1, -0.05) is 6.07 Å². The summed E-state index contributed by atoms with van der Waals surface area (Å²) in [5.41, 5.74) is 1.30. The third-order valence-electron chi connectivity index (χ3n) is 2.90. The van der Waals surface area contributed by atoms with Crippen LogP contribution in [0.15, 0.2) is 28.7 Å². The number of carbonyl (C=O) groups is 1. The lowest BCUT2D eigenvalue weighted by Crippen LogP contribution is -2.17. The minimum atomic E-state index is -1.24. The number of rotatable bonds is 2. The van der Waals surface area contributed by atoms with Gasteiger partial charge in [-0.05, 0) is 47.0 Å². The highest BCUT2D eigenvalue weighted by Gasteiger charge is 2.20. The first kappa shape index (κ1) is 15.6. The molecule has 2 aromatic carbocycles. The van der Waals surface area contributed by atoms with Crippen LogP contribution in [0.1, 0.15) is 21.5 Å². The van der Waals surface area contributed by atoms with Crippen molar-refractivity contribution >= 4 is 27.5 Å². The van der Waals surface area contributed by atoms with Crippen molar-refractivity contribution in [3.05, 3.63) is 62.9 Å². The molecule has 0 unspecified atom stereocenters. The van der Waals surface area contributed by atoms with Crippen LogP contribution in [0.3, 0.4) is 0 Å². The Bertz CT molecular complexity index is 685. The van der Waals surface area contributed by atoms with Crippen LogP contribution < -0.4 is 5.32 Å². The van der Waals surface area contributed by atoms with E-state index >= 15 is 0 Å². The molecular weight excluding hydrogens is 347 g/mol. The molecule has 0 fully saturated rings. The van der Waals surface area contributed by atoms with Crippen LogP contribution >= 0.6 is 15.9 Å². The lowest BCUT2D eigenvalue weighted by atomic mass is 10.1. The lowest BCUT2D eigenvalue weighted by Gasteiger charge is -2.12. The minimum Gasteiger partial charge on any atom is -0.321 e. The number of hydrogen-bond acceptors (Lipinski definition) is 1. The van der Waals surface area contributed by atoms with Crippen LogP contribution in [0.2, 0.25) is 0 Å². The van der Waals surface area contributed by atoms with Crippen molar-refractivity contribution in [3.8, 4) is 0 Å². The zero-order chi connectivity index (χ0) is 15.7. The molecule has 1 N–H and O–H groups in total. The van der Waals surface area contributed by atoms with E-state index in [9.17, 15) is 18.0 Å². The first-order valence-corrected chi connectivity index (χ1v) is 6.81. The van der Waals surface area contributed by atoms with Crippen LogP contribution in [0.25, 0.3) is 0 Å².